The second-order valence-electron chi connectivity index (χ2n) is 13.2. The number of hydrogen-bond acceptors (Lipinski definition) is 7. The number of aliphatic hydroxyl groups is 1. The van der Waals surface area contributed by atoms with Crippen molar-refractivity contribution in [3.63, 3.8) is 0 Å². The molecule has 1 N–H and O–H groups in total. The van der Waals surface area contributed by atoms with E-state index >= 15 is 0 Å². The minimum Gasteiger partial charge on any atom is -0.491 e. The molecule has 2 aromatic carbocycles. The second-order valence-corrected chi connectivity index (χ2v) is 13.2. The highest BCUT2D eigenvalue weighted by molar-refractivity contribution is 5.86. The van der Waals surface area contributed by atoms with E-state index in [1.54, 1.807) is 34.1 Å². The van der Waals surface area contributed by atoms with Gasteiger partial charge in [0.15, 0.2) is 0 Å². The van der Waals surface area contributed by atoms with Gasteiger partial charge in [0.05, 0.1) is 24.5 Å². The average molecular weight is 688 g/mol. The Balaban J connectivity index is 1.62. The Morgan fingerprint density at radius 1 is 0.780 bits per heavy atom. The molecule has 0 saturated carbocycles. The monoisotopic (exact) mass is 687 g/mol. The molecule has 0 bridgehead atoms. The van der Waals surface area contributed by atoms with E-state index in [2.05, 4.69) is 13.2 Å². The van der Waals surface area contributed by atoms with Crippen molar-refractivity contribution in [3.8, 4) is 5.75 Å². The van der Waals surface area contributed by atoms with Crippen molar-refractivity contribution in [2.45, 2.75) is 70.4 Å². The molecule has 10 heteroatoms. The Morgan fingerprint density at radius 3 is 1.90 bits per heavy atom. The number of benzene rings is 2. The molecule has 0 unspecified atom stereocenters. The summed E-state index contributed by atoms with van der Waals surface area (Å²) < 4.78 is 11.5. The van der Waals surface area contributed by atoms with Crippen LogP contribution >= 0.6 is 0 Å². The summed E-state index contributed by atoms with van der Waals surface area (Å²) >= 11 is 0. The van der Waals surface area contributed by atoms with E-state index in [4.69, 9.17) is 14.6 Å². The molecule has 2 fully saturated rings. The number of nitrogens with zero attached hydrogens (tertiary/aromatic N) is 3. The van der Waals surface area contributed by atoms with Crippen molar-refractivity contribution in [2.24, 2.45) is 11.8 Å². The van der Waals surface area contributed by atoms with Crippen molar-refractivity contribution >= 4 is 23.7 Å². The first-order chi connectivity index (χ1) is 24.3. The van der Waals surface area contributed by atoms with Gasteiger partial charge in [0.25, 0.3) is 0 Å². The fraction of sp³-hybridized carbons (Fsp3) is 0.500. The number of carbonyl (C=O) groups is 4. The van der Waals surface area contributed by atoms with Crippen LogP contribution in [0.1, 0.15) is 62.5 Å². The van der Waals surface area contributed by atoms with Crippen molar-refractivity contribution in [2.75, 3.05) is 46.0 Å². The molecule has 10 nitrogen and oxygen atoms in total. The number of allylic oxidation sites excluding steroid dienone is 2. The molecule has 270 valence electrons. The maximum atomic E-state index is 14.7. The van der Waals surface area contributed by atoms with Gasteiger partial charge in [-0.3, -0.25) is 19.2 Å². The quantitative estimate of drug-likeness (QED) is 0.155. The fourth-order valence-corrected chi connectivity index (χ4v) is 6.66. The maximum absolute atomic E-state index is 14.7. The lowest BCUT2D eigenvalue weighted by Crippen LogP contribution is -2.48. The Bertz CT molecular complexity index is 1400. The number of hydrogen-bond donors (Lipinski definition) is 1. The molecule has 2 saturated heterocycles. The van der Waals surface area contributed by atoms with Crippen LogP contribution in [0.15, 0.2) is 79.9 Å². The van der Waals surface area contributed by atoms with E-state index < -0.39 is 23.8 Å². The van der Waals surface area contributed by atoms with Crippen molar-refractivity contribution < 1.29 is 33.8 Å². The number of esters is 1. The highest BCUT2D eigenvalue weighted by Crippen LogP contribution is 2.25. The van der Waals surface area contributed by atoms with Gasteiger partial charge in [-0.1, -0.05) is 54.6 Å². The molecule has 2 heterocycles. The van der Waals surface area contributed by atoms with Crippen molar-refractivity contribution in [3.05, 3.63) is 91.0 Å². The number of carbonyl (C=O) groups excluding carboxylic acids is 4. The lowest BCUT2D eigenvalue weighted by molar-refractivity contribution is -0.155. The lowest BCUT2D eigenvalue weighted by Gasteiger charge is -2.35. The van der Waals surface area contributed by atoms with E-state index in [1.165, 1.54) is 0 Å². The van der Waals surface area contributed by atoms with Crippen LogP contribution in [0.4, 0.5) is 0 Å². The molecule has 0 spiro atoms. The summed E-state index contributed by atoms with van der Waals surface area (Å²) in [4.78, 5) is 59.9. The summed E-state index contributed by atoms with van der Waals surface area (Å²) in [5.74, 6) is -1.57. The summed E-state index contributed by atoms with van der Waals surface area (Å²) in [5.41, 5.74) is 1.78. The lowest BCUT2D eigenvalue weighted by atomic mass is 9.95. The van der Waals surface area contributed by atoms with E-state index in [-0.39, 0.29) is 56.9 Å². The molecule has 3 amide bonds. The number of amides is 3. The summed E-state index contributed by atoms with van der Waals surface area (Å²) in [6, 6.07) is 16.4. The summed E-state index contributed by atoms with van der Waals surface area (Å²) in [5, 5.41) is 9.16. The topological polar surface area (TPSA) is 117 Å². The van der Waals surface area contributed by atoms with E-state index in [9.17, 15) is 19.2 Å². The van der Waals surface area contributed by atoms with Gasteiger partial charge in [-0.15, -0.1) is 13.2 Å². The molecule has 3 atom stereocenters. The van der Waals surface area contributed by atoms with E-state index in [0.717, 1.165) is 36.8 Å². The Kier molecular flexibility index (Phi) is 15.6. The smallest absolute Gasteiger partial charge is 0.309 e. The first-order valence-corrected chi connectivity index (χ1v) is 17.9. The highest BCUT2D eigenvalue weighted by atomic mass is 16.5. The van der Waals surface area contributed by atoms with Crippen LogP contribution in [0.5, 0.6) is 5.75 Å². The van der Waals surface area contributed by atoms with Crippen molar-refractivity contribution in [1.82, 2.24) is 14.7 Å². The average Bonchev–Trinajstić information content (AvgIpc) is 3.88. The molecule has 4 rings (SSSR count). The number of aliphatic hydroxyl groups excluding tert-OH is 1. The van der Waals surface area contributed by atoms with E-state index in [1.807, 2.05) is 47.4 Å². The van der Waals surface area contributed by atoms with Crippen LogP contribution in [0.3, 0.4) is 0 Å². The molecular formula is C40H53N3O7. The zero-order chi connectivity index (χ0) is 35.7. The Labute approximate surface area is 296 Å². The maximum Gasteiger partial charge on any atom is 0.309 e. The summed E-state index contributed by atoms with van der Waals surface area (Å²) in [7, 11) is 0. The zero-order valence-corrected chi connectivity index (χ0v) is 29.3. The van der Waals surface area contributed by atoms with Gasteiger partial charge in [0.2, 0.25) is 17.7 Å². The number of ether oxygens (including phenoxy) is 2. The normalized spacial score (nSPS) is 15.9. The van der Waals surface area contributed by atoms with Crippen LogP contribution in [0.2, 0.25) is 0 Å². The molecular weight excluding hydrogens is 634 g/mol. The van der Waals surface area contributed by atoms with Crippen LogP contribution in [-0.4, -0.2) is 95.5 Å². The first kappa shape index (κ1) is 38.4. The van der Waals surface area contributed by atoms with Crippen LogP contribution < -0.4 is 4.74 Å². The first-order valence-electron chi connectivity index (χ1n) is 17.9. The molecule has 2 aromatic rings. The summed E-state index contributed by atoms with van der Waals surface area (Å²) in [6.45, 7) is 10.6. The van der Waals surface area contributed by atoms with Crippen molar-refractivity contribution in [1.29, 1.82) is 0 Å². The molecule has 2 aliphatic rings. The zero-order valence-electron chi connectivity index (χ0n) is 29.3. The van der Waals surface area contributed by atoms with E-state index in [0.29, 0.717) is 51.2 Å². The van der Waals surface area contributed by atoms with Gasteiger partial charge in [-0.25, -0.2) is 0 Å². The molecule has 0 aliphatic carbocycles. The predicted molar refractivity (Wildman–Crippen MR) is 192 cm³/mol. The predicted octanol–water partition coefficient (Wildman–Crippen LogP) is 4.95. The minimum atomic E-state index is -0.680. The molecule has 2 aliphatic heterocycles. The highest BCUT2D eigenvalue weighted by Gasteiger charge is 2.34. The summed E-state index contributed by atoms with van der Waals surface area (Å²) in [6.07, 6.45) is 8.26. The van der Waals surface area contributed by atoms with Gasteiger partial charge in [-0.2, -0.15) is 0 Å². The number of rotatable bonds is 20. The molecule has 0 radical (unpaired) electrons. The van der Waals surface area contributed by atoms with Crippen LogP contribution in [0, 0.1) is 11.8 Å². The van der Waals surface area contributed by atoms with Gasteiger partial charge in [0, 0.05) is 45.6 Å². The van der Waals surface area contributed by atoms with Gasteiger partial charge >= 0.3 is 5.97 Å². The van der Waals surface area contributed by atoms with Gasteiger partial charge in [-0.05, 0) is 68.2 Å². The molecule has 0 aromatic heterocycles. The van der Waals surface area contributed by atoms with Crippen LogP contribution in [0.25, 0.3) is 0 Å². The third-order valence-corrected chi connectivity index (χ3v) is 9.44. The Hall–Kier alpha value is -4.44. The van der Waals surface area contributed by atoms with Crippen LogP contribution in [-0.2, 0) is 36.9 Å². The fourth-order valence-electron chi connectivity index (χ4n) is 6.66. The number of likely N-dealkylation sites (tertiary alicyclic amines) is 2. The molecule has 50 heavy (non-hydrogen) atoms. The van der Waals surface area contributed by atoms with Gasteiger partial charge < -0.3 is 29.3 Å². The third-order valence-electron chi connectivity index (χ3n) is 9.44. The largest absolute Gasteiger partial charge is 0.491 e. The second kappa shape index (κ2) is 20.3. The SMILES string of the molecule is C=CC[C@H](CC(=O)N1CCCC1)C(=O)OC[C@H](Cc1ccccc1)N(Cc1ccc(OCCO)cc1)C(=O)[C@@H](CC=C)CC(=O)N1CCCC1. The Morgan fingerprint density at radius 2 is 1.34 bits per heavy atom. The third kappa shape index (κ3) is 11.6. The standard InChI is InChI=1S/C40H53N3O7/c1-3-12-33(27-37(45)41-20-8-9-21-41)39(47)43(29-32-16-18-36(19-17-32)49-25-24-44)35(26-31-14-6-5-7-15-31)30-50-40(48)34(13-4-2)28-38(46)42-22-10-11-23-42/h3-7,14-19,33-35,44H,1-2,8-13,20-30H2/t33-,34+,35-/m0/s1. The minimum absolute atomic E-state index is 0.0432. The van der Waals surface area contributed by atoms with Gasteiger partial charge in [0.1, 0.15) is 19.0 Å².